The van der Waals surface area contributed by atoms with E-state index in [0.29, 0.717) is 36.5 Å². The molecule has 5 heteroatoms. The van der Waals surface area contributed by atoms with Crippen LogP contribution in [-0.2, 0) is 14.3 Å². The SMILES string of the molecule is COC(=O)CC[C@@H](C)C1CCC2C3C(=O)C(C(C)O)[C@@H]4C[C@H](O)CC[C@]4(C)C3CC[C@@]21C. The molecule has 0 saturated heterocycles. The van der Waals surface area contributed by atoms with Crippen LogP contribution < -0.4 is 0 Å². The molecule has 0 aliphatic heterocycles. The van der Waals surface area contributed by atoms with Gasteiger partial charge in [0.25, 0.3) is 0 Å². The minimum atomic E-state index is -0.664. The number of carbonyl (C=O) groups is 2. The van der Waals surface area contributed by atoms with Crippen molar-refractivity contribution in [3.8, 4) is 0 Å². The highest BCUT2D eigenvalue weighted by atomic mass is 16.5. The van der Waals surface area contributed by atoms with Gasteiger partial charge in [0.05, 0.1) is 19.3 Å². The van der Waals surface area contributed by atoms with Crippen LogP contribution in [0.15, 0.2) is 0 Å². The number of rotatable bonds is 5. The third kappa shape index (κ3) is 3.66. The first-order valence-electron chi connectivity index (χ1n) is 13.0. The van der Waals surface area contributed by atoms with Gasteiger partial charge >= 0.3 is 5.97 Å². The maximum Gasteiger partial charge on any atom is 0.305 e. The Bertz CT molecular complexity index is 734. The molecule has 0 aromatic carbocycles. The van der Waals surface area contributed by atoms with E-state index in [9.17, 15) is 19.8 Å². The number of esters is 1. The van der Waals surface area contributed by atoms with Gasteiger partial charge < -0.3 is 14.9 Å². The Balaban J connectivity index is 1.62. The van der Waals surface area contributed by atoms with Crippen molar-refractivity contribution in [2.75, 3.05) is 7.11 Å². The van der Waals surface area contributed by atoms with E-state index in [1.54, 1.807) is 6.92 Å². The number of methoxy groups -OCH3 is 1. The highest BCUT2D eigenvalue weighted by Gasteiger charge is 2.65. The zero-order chi connectivity index (χ0) is 23.4. The molecule has 0 heterocycles. The average Bonchev–Trinajstić information content (AvgIpc) is 3.10. The van der Waals surface area contributed by atoms with Crippen LogP contribution >= 0.6 is 0 Å². The molecule has 5 nitrogen and oxygen atoms in total. The lowest BCUT2D eigenvalue weighted by atomic mass is 9.41. The molecule has 4 aliphatic carbocycles. The van der Waals surface area contributed by atoms with Gasteiger partial charge in [-0.05, 0) is 98.7 Å². The molecule has 11 atom stereocenters. The molecule has 0 aromatic rings. The molecule has 0 bridgehead atoms. The van der Waals surface area contributed by atoms with E-state index < -0.39 is 6.10 Å². The molecule has 4 aliphatic rings. The van der Waals surface area contributed by atoms with Gasteiger partial charge in [0, 0.05) is 18.3 Å². The molecule has 32 heavy (non-hydrogen) atoms. The van der Waals surface area contributed by atoms with Crippen molar-refractivity contribution in [1.29, 1.82) is 0 Å². The average molecular weight is 449 g/mol. The van der Waals surface area contributed by atoms with Crippen molar-refractivity contribution < 1.29 is 24.5 Å². The van der Waals surface area contributed by atoms with Crippen molar-refractivity contribution in [2.45, 2.75) is 97.7 Å². The first kappa shape index (κ1) is 24.2. The van der Waals surface area contributed by atoms with Gasteiger partial charge in [-0.3, -0.25) is 9.59 Å². The van der Waals surface area contributed by atoms with Crippen molar-refractivity contribution >= 4 is 11.8 Å². The van der Waals surface area contributed by atoms with Gasteiger partial charge in [0.2, 0.25) is 0 Å². The summed E-state index contributed by atoms with van der Waals surface area (Å²) in [5, 5.41) is 21.1. The van der Waals surface area contributed by atoms with Gasteiger partial charge in [0.15, 0.2) is 0 Å². The molecule has 2 N–H and O–H groups in total. The van der Waals surface area contributed by atoms with Gasteiger partial charge in [-0.15, -0.1) is 0 Å². The molecule has 0 radical (unpaired) electrons. The van der Waals surface area contributed by atoms with Gasteiger partial charge in [-0.25, -0.2) is 0 Å². The summed E-state index contributed by atoms with van der Waals surface area (Å²) in [7, 11) is 1.45. The summed E-state index contributed by atoms with van der Waals surface area (Å²) in [4.78, 5) is 25.7. The number of carbonyl (C=O) groups excluding carboxylic acids is 2. The number of ether oxygens (including phenoxy) is 1. The van der Waals surface area contributed by atoms with Gasteiger partial charge in [-0.2, -0.15) is 0 Å². The lowest BCUT2D eigenvalue weighted by Gasteiger charge is -2.62. The third-order valence-electron chi connectivity index (χ3n) is 10.9. The summed E-state index contributed by atoms with van der Waals surface area (Å²) in [6.07, 6.45) is 7.12. The largest absolute Gasteiger partial charge is 0.469 e. The fraction of sp³-hybridized carbons (Fsp3) is 0.926. The summed E-state index contributed by atoms with van der Waals surface area (Å²) in [5.74, 6) is 1.59. The van der Waals surface area contributed by atoms with E-state index in [1.165, 1.54) is 7.11 Å². The smallest absolute Gasteiger partial charge is 0.305 e. The summed E-state index contributed by atoms with van der Waals surface area (Å²) >= 11 is 0. The van der Waals surface area contributed by atoms with E-state index in [4.69, 9.17) is 4.74 Å². The Morgan fingerprint density at radius 3 is 2.38 bits per heavy atom. The van der Waals surface area contributed by atoms with Crippen LogP contribution in [0.25, 0.3) is 0 Å². The lowest BCUT2D eigenvalue weighted by Crippen LogP contribution is -2.62. The molecular formula is C27H44O5. The van der Waals surface area contributed by atoms with Crippen LogP contribution in [0.2, 0.25) is 0 Å². The van der Waals surface area contributed by atoms with Crippen molar-refractivity contribution in [1.82, 2.24) is 0 Å². The quantitative estimate of drug-likeness (QED) is 0.610. The van der Waals surface area contributed by atoms with E-state index in [0.717, 1.165) is 44.9 Å². The molecule has 182 valence electrons. The second kappa shape index (κ2) is 8.69. The second-order valence-electron chi connectivity index (χ2n) is 12.3. The zero-order valence-corrected chi connectivity index (χ0v) is 20.7. The highest BCUT2D eigenvalue weighted by Crippen LogP contribution is 2.68. The fourth-order valence-electron chi connectivity index (χ4n) is 9.26. The van der Waals surface area contributed by atoms with Crippen LogP contribution in [-0.4, -0.2) is 41.3 Å². The first-order chi connectivity index (χ1) is 15.0. The summed E-state index contributed by atoms with van der Waals surface area (Å²) in [6.45, 7) is 8.81. The van der Waals surface area contributed by atoms with E-state index in [-0.39, 0.29) is 46.4 Å². The summed E-state index contributed by atoms with van der Waals surface area (Å²) in [6, 6.07) is 0. The summed E-state index contributed by atoms with van der Waals surface area (Å²) < 4.78 is 4.86. The lowest BCUT2D eigenvalue weighted by molar-refractivity contribution is -0.181. The number of aliphatic hydroxyl groups excluding tert-OH is 2. The fourth-order valence-corrected chi connectivity index (χ4v) is 9.26. The Hall–Kier alpha value is -0.940. The molecule has 0 spiro atoms. The number of ketones is 1. The third-order valence-corrected chi connectivity index (χ3v) is 10.9. The standard InChI is InChI=1S/C27H44O5/c1-15(6-9-22(30)32-5)18-7-8-19-24-20(11-13-26(18,19)3)27(4)12-10-17(29)14-21(27)23(16(2)28)25(24)31/h15-21,23-24,28-29H,6-14H2,1-5H3/t15-,16?,17-,18?,19?,20?,21+,23?,24?,26-,27-/m1/s1. The minimum Gasteiger partial charge on any atom is -0.469 e. The van der Waals surface area contributed by atoms with Crippen molar-refractivity contribution in [3.63, 3.8) is 0 Å². The minimum absolute atomic E-state index is 0.0232. The van der Waals surface area contributed by atoms with Crippen molar-refractivity contribution in [2.24, 2.45) is 52.3 Å². The van der Waals surface area contributed by atoms with Crippen LogP contribution in [0.4, 0.5) is 0 Å². The van der Waals surface area contributed by atoms with Crippen LogP contribution in [0.1, 0.15) is 85.5 Å². The Kier molecular flexibility index (Phi) is 6.57. The summed E-state index contributed by atoms with van der Waals surface area (Å²) in [5.41, 5.74) is 0.141. The predicted molar refractivity (Wildman–Crippen MR) is 123 cm³/mol. The molecule has 6 unspecified atom stereocenters. The Labute approximate surface area is 193 Å². The molecule has 4 saturated carbocycles. The van der Waals surface area contributed by atoms with E-state index in [1.807, 2.05) is 0 Å². The topological polar surface area (TPSA) is 83.8 Å². The van der Waals surface area contributed by atoms with Crippen LogP contribution in [0.5, 0.6) is 0 Å². The maximum absolute atomic E-state index is 14.0. The van der Waals surface area contributed by atoms with E-state index >= 15 is 0 Å². The number of hydrogen-bond acceptors (Lipinski definition) is 5. The number of aliphatic hydroxyl groups is 2. The zero-order valence-electron chi connectivity index (χ0n) is 20.7. The Morgan fingerprint density at radius 2 is 1.72 bits per heavy atom. The number of hydrogen-bond donors (Lipinski definition) is 2. The van der Waals surface area contributed by atoms with Crippen molar-refractivity contribution in [3.05, 3.63) is 0 Å². The predicted octanol–water partition coefficient (Wildman–Crippen LogP) is 4.38. The van der Waals surface area contributed by atoms with Crippen LogP contribution in [0, 0.1) is 52.3 Å². The molecule has 4 fully saturated rings. The number of fused-ring (bicyclic) bond motifs is 5. The second-order valence-corrected chi connectivity index (χ2v) is 12.3. The van der Waals surface area contributed by atoms with Gasteiger partial charge in [0.1, 0.15) is 5.78 Å². The monoisotopic (exact) mass is 448 g/mol. The van der Waals surface area contributed by atoms with Crippen LogP contribution in [0.3, 0.4) is 0 Å². The normalized spacial score (nSPS) is 47.7. The molecule has 0 amide bonds. The Morgan fingerprint density at radius 1 is 1.06 bits per heavy atom. The number of Topliss-reactive ketones (excluding diaryl/α,β-unsaturated/α-hetero) is 1. The van der Waals surface area contributed by atoms with E-state index in [2.05, 4.69) is 20.8 Å². The maximum atomic E-state index is 14.0. The first-order valence-corrected chi connectivity index (χ1v) is 13.0. The van der Waals surface area contributed by atoms with Gasteiger partial charge in [-0.1, -0.05) is 20.8 Å². The molecule has 0 aromatic heterocycles. The molecular weight excluding hydrogens is 404 g/mol. The highest BCUT2D eigenvalue weighted by molar-refractivity contribution is 5.86. The molecule has 4 rings (SSSR count).